The molecule has 1 heterocycles. The van der Waals surface area contributed by atoms with Crippen molar-refractivity contribution in [1.29, 1.82) is 0 Å². The van der Waals surface area contributed by atoms with E-state index in [-0.39, 0.29) is 17.1 Å². The van der Waals surface area contributed by atoms with Crippen LogP contribution in [0.5, 0.6) is 5.75 Å². The molecule has 1 aromatic heterocycles. The van der Waals surface area contributed by atoms with Gasteiger partial charge in [0.05, 0.1) is 18.3 Å². The Morgan fingerprint density at radius 1 is 1.18 bits per heavy atom. The van der Waals surface area contributed by atoms with Crippen molar-refractivity contribution in [3.05, 3.63) is 48.4 Å². The van der Waals surface area contributed by atoms with E-state index in [1.807, 2.05) is 6.26 Å². The maximum atomic E-state index is 12.6. The first kappa shape index (κ1) is 21.8. The topological polar surface area (TPSA) is 127 Å². The summed E-state index contributed by atoms with van der Waals surface area (Å²) in [5.41, 5.74) is 4.41. The third-order valence-electron chi connectivity index (χ3n) is 3.64. The molecule has 2 aromatic rings. The second-order valence-electron chi connectivity index (χ2n) is 5.55. The van der Waals surface area contributed by atoms with Crippen molar-refractivity contribution < 1.29 is 27.2 Å². The average Bonchev–Trinajstić information content (AvgIpc) is 3.24. The summed E-state index contributed by atoms with van der Waals surface area (Å²) in [6, 6.07) is 7.66. The number of hydrogen-bond donors (Lipinski definition) is 3. The Hall–Kier alpha value is -2.50. The molecular weight excluding hydrogens is 406 g/mol. The summed E-state index contributed by atoms with van der Waals surface area (Å²) in [6.07, 6.45) is 3.39. The van der Waals surface area contributed by atoms with Crippen LogP contribution in [0.15, 0.2) is 52.0 Å². The molecule has 0 saturated heterocycles. The Bertz CT molecular complexity index is 882. The van der Waals surface area contributed by atoms with Gasteiger partial charge in [0.25, 0.3) is 5.91 Å². The van der Waals surface area contributed by atoms with E-state index in [4.69, 9.17) is 9.15 Å². The lowest BCUT2D eigenvalue weighted by Gasteiger charge is -2.18. The van der Waals surface area contributed by atoms with Gasteiger partial charge in [-0.2, -0.15) is 16.5 Å². The highest BCUT2D eigenvalue weighted by molar-refractivity contribution is 7.98. The summed E-state index contributed by atoms with van der Waals surface area (Å²) < 4.78 is 37.5. The molecule has 3 N–H and O–H groups in total. The number of carbonyl (C=O) groups is 2. The predicted molar refractivity (Wildman–Crippen MR) is 104 cm³/mol. The van der Waals surface area contributed by atoms with E-state index in [1.54, 1.807) is 0 Å². The minimum Gasteiger partial charge on any atom is -0.497 e. The lowest BCUT2D eigenvalue weighted by molar-refractivity contribution is -0.123. The van der Waals surface area contributed by atoms with Gasteiger partial charge in [-0.1, -0.05) is 0 Å². The lowest BCUT2D eigenvalue weighted by atomic mass is 10.2. The number of nitrogens with one attached hydrogen (secondary N) is 3. The monoisotopic (exact) mass is 427 g/mol. The number of benzene rings is 1. The van der Waals surface area contributed by atoms with Gasteiger partial charge in [0.2, 0.25) is 10.0 Å². The fourth-order valence-corrected chi connectivity index (χ4v) is 3.87. The standard InChI is InChI=1S/C17H21N3O6S2/c1-25-12-5-7-13(8-6-12)28(23,24)20-14(9-11-27-2)16(21)18-19-17(22)15-4-3-10-26-15/h3-8,10,14,20H,9,11H2,1-2H3,(H,18,21)(H,19,22). The van der Waals surface area contributed by atoms with Gasteiger partial charge in [-0.15, -0.1) is 0 Å². The minimum atomic E-state index is -3.95. The maximum Gasteiger partial charge on any atom is 0.305 e. The molecular formula is C17H21N3O6S2. The first-order valence-corrected chi connectivity index (χ1v) is 11.0. The van der Waals surface area contributed by atoms with E-state index < -0.39 is 27.9 Å². The van der Waals surface area contributed by atoms with Crippen molar-refractivity contribution in [1.82, 2.24) is 15.6 Å². The van der Waals surface area contributed by atoms with Gasteiger partial charge in [0.1, 0.15) is 11.8 Å². The van der Waals surface area contributed by atoms with E-state index in [9.17, 15) is 18.0 Å². The Labute approximate surface area is 167 Å². The summed E-state index contributed by atoms with van der Waals surface area (Å²) in [4.78, 5) is 24.3. The number of rotatable bonds is 9. The second kappa shape index (κ2) is 10.2. The summed E-state index contributed by atoms with van der Waals surface area (Å²) in [5, 5.41) is 0. The highest BCUT2D eigenvalue weighted by Gasteiger charge is 2.26. The molecule has 0 aliphatic heterocycles. The molecule has 2 rings (SSSR count). The van der Waals surface area contributed by atoms with Crippen LogP contribution < -0.4 is 20.3 Å². The smallest absolute Gasteiger partial charge is 0.305 e. The molecule has 1 atom stereocenters. The number of sulfonamides is 1. The third-order valence-corrected chi connectivity index (χ3v) is 5.77. The van der Waals surface area contributed by atoms with Gasteiger partial charge in [-0.3, -0.25) is 20.4 Å². The van der Waals surface area contributed by atoms with Crippen molar-refractivity contribution in [2.75, 3.05) is 19.1 Å². The molecule has 9 nitrogen and oxygen atoms in total. The maximum absolute atomic E-state index is 12.6. The molecule has 11 heteroatoms. The fraction of sp³-hybridized carbons (Fsp3) is 0.294. The van der Waals surface area contributed by atoms with E-state index >= 15 is 0 Å². The molecule has 1 aromatic carbocycles. The zero-order valence-corrected chi connectivity index (χ0v) is 16.9. The summed E-state index contributed by atoms with van der Waals surface area (Å²) >= 11 is 1.46. The van der Waals surface area contributed by atoms with Crippen molar-refractivity contribution >= 4 is 33.6 Å². The molecule has 0 radical (unpaired) electrons. The Morgan fingerprint density at radius 2 is 1.89 bits per heavy atom. The molecule has 2 amide bonds. The lowest BCUT2D eigenvalue weighted by Crippen LogP contribution is -2.52. The van der Waals surface area contributed by atoms with Crippen LogP contribution in [0.2, 0.25) is 0 Å². The van der Waals surface area contributed by atoms with E-state index in [0.29, 0.717) is 11.5 Å². The number of amides is 2. The molecule has 0 aliphatic carbocycles. The zero-order valence-electron chi connectivity index (χ0n) is 15.3. The minimum absolute atomic E-state index is 0.00475. The summed E-state index contributed by atoms with van der Waals surface area (Å²) in [5.74, 6) is -0.280. The quantitative estimate of drug-likeness (QED) is 0.512. The highest BCUT2D eigenvalue weighted by atomic mass is 32.2. The Morgan fingerprint density at radius 3 is 2.46 bits per heavy atom. The second-order valence-corrected chi connectivity index (χ2v) is 8.25. The van der Waals surface area contributed by atoms with Crippen LogP contribution in [0, 0.1) is 0 Å². The zero-order chi connectivity index (χ0) is 20.6. The SMILES string of the molecule is COc1ccc(S(=O)(=O)NC(CCSC)C(=O)NNC(=O)c2ccco2)cc1. The van der Waals surface area contributed by atoms with Crippen LogP contribution in [0.25, 0.3) is 0 Å². The van der Waals surface area contributed by atoms with Crippen LogP contribution in [0.3, 0.4) is 0 Å². The normalized spacial score (nSPS) is 12.2. The molecule has 0 saturated carbocycles. The van der Waals surface area contributed by atoms with Crippen molar-refractivity contribution in [3.8, 4) is 5.75 Å². The predicted octanol–water partition coefficient (Wildman–Crippen LogP) is 1.15. The fourth-order valence-electron chi connectivity index (χ4n) is 2.16. The molecule has 0 bridgehead atoms. The Kier molecular flexibility index (Phi) is 7.91. The van der Waals surface area contributed by atoms with Crippen LogP contribution >= 0.6 is 11.8 Å². The third kappa shape index (κ3) is 6.01. The van der Waals surface area contributed by atoms with Crippen LogP contribution in [-0.4, -0.2) is 45.4 Å². The van der Waals surface area contributed by atoms with Crippen molar-refractivity contribution in [3.63, 3.8) is 0 Å². The van der Waals surface area contributed by atoms with Gasteiger partial charge in [-0.25, -0.2) is 8.42 Å². The number of hydrazine groups is 1. The van der Waals surface area contributed by atoms with Gasteiger partial charge in [0.15, 0.2) is 5.76 Å². The molecule has 28 heavy (non-hydrogen) atoms. The first-order chi connectivity index (χ1) is 13.4. The number of carbonyl (C=O) groups excluding carboxylic acids is 2. The van der Waals surface area contributed by atoms with Crippen molar-refractivity contribution in [2.45, 2.75) is 17.4 Å². The summed E-state index contributed by atoms with van der Waals surface area (Å²) in [6.45, 7) is 0. The number of hydrogen-bond acceptors (Lipinski definition) is 7. The van der Waals surface area contributed by atoms with Gasteiger partial charge in [-0.05, 0) is 54.8 Å². The average molecular weight is 428 g/mol. The molecule has 152 valence electrons. The molecule has 0 fully saturated rings. The van der Waals surface area contributed by atoms with Crippen LogP contribution in [0.1, 0.15) is 17.0 Å². The highest BCUT2D eigenvalue weighted by Crippen LogP contribution is 2.16. The van der Waals surface area contributed by atoms with Crippen LogP contribution in [-0.2, 0) is 14.8 Å². The van der Waals surface area contributed by atoms with E-state index in [2.05, 4.69) is 15.6 Å². The van der Waals surface area contributed by atoms with Crippen LogP contribution in [0.4, 0.5) is 0 Å². The molecule has 0 aliphatic rings. The van der Waals surface area contributed by atoms with Gasteiger partial charge < -0.3 is 9.15 Å². The Balaban J connectivity index is 2.06. The number of furan rings is 1. The number of ether oxygens (including phenoxy) is 1. The van der Waals surface area contributed by atoms with Gasteiger partial charge >= 0.3 is 5.91 Å². The first-order valence-electron chi connectivity index (χ1n) is 8.16. The van der Waals surface area contributed by atoms with E-state index in [1.165, 1.54) is 61.5 Å². The van der Waals surface area contributed by atoms with E-state index in [0.717, 1.165) is 0 Å². The van der Waals surface area contributed by atoms with Crippen molar-refractivity contribution in [2.24, 2.45) is 0 Å². The largest absolute Gasteiger partial charge is 0.497 e. The number of thioether (sulfide) groups is 1. The molecule has 0 spiro atoms. The van der Waals surface area contributed by atoms with Gasteiger partial charge in [0, 0.05) is 0 Å². The summed E-state index contributed by atoms with van der Waals surface area (Å²) in [7, 11) is -2.47. The number of methoxy groups -OCH3 is 1. The molecule has 1 unspecified atom stereocenters.